The molecule has 1 unspecified atom stereocenters. The predicted molar refractivity (Wildman–Crippen MR) is 76.3 cm³/mol. The first kappa shape index (κ1) is 12.2. The lowest BCUT2D eigenvalue weighted by Crippen LogP contribution is -2.46. The second kappa shape index (κ2) is 5.05. The molecule has 1 saturated heterocycles. The zero-order valence-electron chi connectivity index (χ0n) is 11.1. The van der Waals surface area contributed by atoms with Crippen LogP contribution in [0.5, 0.6) is 0 Å². The summed E-state index contributed by atoms with van der Waals surface area (Å²) in [5.41, 5.74) is 1.69. The maximum Gasteiger partial charge on any atom is 0.270 e. The first-order valence-corrected chi connectivity index (χ1v) is 6.81. The third kappa shape index (κ3) is 2.36. The molecule has 0 aliphatic carbocycles. The average molecular weight is 257 g/mol. The Morgan fingerprint density at radius 1 is 1.37 bits per heavy atom. The zero-order valence-corrected chi connectivity index (χ0v) is 11.1. The number of carbonyl (C=O) groups excluding carboxylic acids is 1. The summed E-state index contributed by atoms with van der Waals surface area (Å²) in [5, 5.41) is 4.43. The van der Waals surface area contributed by atoms with E-state index >= 15 is 0 Å². The largest absolute Gasteiger partial charge is 0.351 e. The average Bonchev–Trinajstić information content (AvgIpc) is 2.90. The summed E-state index contributed by atoms with van der Waals surface area (Å²) in [7, 11) is 1.89. The minimum atomic E-state index is 0.0740. The van der Waals surface area contributed by atoms with Gasteiger partial charge in [0.2, 0.25) is 0 Å². The van der Waals surface area contributed by atoms with Gasteiger partial charge in [0.05, 0.1) is 0 Å². The molecule has 1 aliphatic rings. The molecule has 4 heteroatoms. The highest BCUT2D eigenvalue weighted by atomic mass is 16.2. The molecule has 3 rings (SSSR count). The number of carbonyl (C=O) groups is 1. The molecular weight excluding hydrogens is 238 g/mol. The number of piperidine rings is 1. The Morgan fingerprint density at radius 2 is 2.21 bits per heavy atom. The number of rotatable bonds is 2. The number of hydrogen-bond acceptors (Lipinski definition) is 2. The fourth-order valence-corrected chi connectivity index (χ4v) is 2.71. The van der Waals surface area contributed by atoms with E-state index in [4.69, 9.17) is 0 Å². The van der Waals surface area contributed by atoms with Crippen molar-refractivity contribution in [2.24, 2.45) is 0 Å². The lowest BCUT2D eigenvalue weighted by molar-refractivity contribution is 0.0703. The standard InChI is InChI=1S/C15H19N3O/c1-18(12-6-4-8-16-10-12)15(19)14-9-11-5-2-3-7-13(11)17-14/h2-3,5,7,9,12,16-17H,4,6,8,10H2,1H3. The maximum absolute atomic E-state index is 12.5. The van der Waals surface area contributed by atoms with Crippen molar-refractivity contribution in [2.45, 2.75) is 18.9 Å². The third-order valence-corrected chi connectivity index (χ3v) is 3.90. The molecule has 1 aliphatic heterocycles. The van der Waals surface area contributed by atoms with Gasteiger partial charge in [0.25, 0.3) is 5.91 Å². The van der Waals surface area contributed by atoms with Crippen molar-refractivity contribution >= 4 is 16.8 Å². The van der Waals surface area contributed by atoms with Crippen LogP contribution >= 0.6 is 0 Å². The number of amides is 1. The van der Waals surface area contributed by atoms with Crippen molar-refractivity contribution in [2.75, 3.05) is 20.1 Å². The van der Waals surface area contributed by atoms with Crippen LogP contribution in [0.4, 0.5) is 0 Å². The van der Waals surface area contributed by atoms with Crippen molar-refractivity contribution in [1.82, 2.24) is 15.2 Å². The number of hydrogen-bond donors (Lipinski definition) is 2. The van der Waals surface area contributed by atoms with Gasteiger partial charge in [-0.2, -0.15) is 0 Å². The van der Waals surface area contributed by atoms with Crippen LogP contribution < -0.4 is 5.32 Å². The van der Waals surface area contributed by atoms with Crippen LogP contribution in [-0.4, -0.2) is 42.0 Å². The smallest absolute Gasteiger partial charge is 0.270 e. The quantitative estimate of drug-likeness (QED) is 0.864. The molecule has 1 atom stereocenters. The van der Waals surface area contributed by atoms with Crippen LogP contribution in [0.2, 0.25) is 0 Å². The zero-order chi connectivity index (χ0) is 13.2. The van der Waals surface area contributed by atoms with E-state index in [2.05, 4.69) is 10.3 Å². The highest BCUT2D eigenvalue weighted by Gasteiger charge is 2.23. The van der Waals surface area contributed by atoms with Crippen molar-refractivity contribution in [3.8, 4) is 0 Å². The van der Waals surface area contributed by atoms with E-state index in [1.54, 1.807) is 0 Å². The second-order valence-corrected chi connectivity index (χ2v) is 5.19. The fourth-order valence-electron chi connectivity index (χ4n) is 2.71. The number of fused-ring (bicyclic) bond motifs is 1. The Bertz CT molecular complexity index is 551. The Labute approximate surface area is 112 Å². The van der Waals surface area contributed by atoms with Gasteiger partial charge in [0.15, 0.2) is 0 Å². The Hall–Kier alpha value is -1.81. The summed E-state index contributed by atoms with van der Waals surface area (Å²) in [6.07, 6.45) is 2.21. The van der Waals surface area contributed by atoms with E-state index < -0.39 is 0 Å². The van der Waals surface area contributed by atoms with Crippen molar-refractivity contribution in [3.05, 3.63) is 36.0 Å². The molecule has 0 spiro atoms. The van der Waals surface area contributed by atoms with Crippen LogP contribution in [0.3, 0.4) is 0 Å². The van der Waals surface area contributed by atoms with Crippen molar-refractivity contribution < 1.29 is 4.79 Å². The van der Waals surface area contributed by atoms with Crippen LogP contribution in [0.15, 0.2) is 30.3 Å². The summed E-state index contributed by atoms with van der Waals surface area (Å²) in [4.78, 5) is 17.5. The van der Waals surface area contributed by atoms with Crippen molar-refractivity contribution in [3.63, 3.8) is 0 Å². The van der Waals surface area contributed by atoms with Gasteiger partial charge >= 0.3 is 0 Å². The monoisotopic (exact) mass is 257 g/mol. The number of aromatic nitrogens is 1. The minimum Gasteiger partial charge on any atom is -0.351 e. The van der Waals surface area contributed by atoms with Gasteiger partial charge in [-0.15, -0.1) is 0 Å². The van der Waals surface area contributed by atoms with Gasteiger partial charge in [0.1, 0.15) is 5.69 Å². The molecular formula is C15H19N3O. The van der Waals surface area contributed by atoms with Gasteiger partial charge in [0, 0.05) is 30.5 Å². The van der Waals surface area contributed by atoms with E-state index in [9.17, 15) is 4.79 Å². The van der Waals surface area contributed by atoms with Gasteiger partial charge in [-0.05, 0) is 31.5 Å². The summed E-state index contributed by atoms with van der Waals surface area (Å²) in [6.45, 7) is 1.95. The Balaban J connectivity index is 1.82. The molecule has 1 aromatic heterocycles. The van der Waals surface area contributed by atoms with Crippen LogP contribution in [0, 0.1) is 0 Å². The first-order chi connectivity index (χ1) is 9.25. The predicted octanol–water partition coefficient (Wildman–Crippen LogP) is 1.99. The van der Waals surface area contributed by atoms with E-state index in [-0.39, 0.29) is 5.91 Å². The molecule has 2 aromatic rings. The summed E-state index contributed by atoms with van der Waals surface area (Å²) in [5.74, 6) is 0.0740. The Morgan fingerprint density at radius 3 is 2.95 bits per heavy atom. The molecule has 4 nitrogen and oxygen atoms in total. The maximum atomic E-state index is 12.5. The minimum absolute atomic E-state index is 0.0740. The summed E-state index contributed by atoms with van der Waals surface area (Å²) < 4.78 is 0. The number of nitrogens with one attached hydrogen (secondary N) is 2. The first-order valence-electron chi connectivity index (χ1n) is 6.81. The number of aromatic amines is 1. The summed E-state index contributed by atoms with van der Waals surface area (Å²) in [6, 6.07) is 10.2. The number of benzene rings is 1. The van der Waals surface area contributed by atoms with Gasteiger partial charge < -0.3 is 15.2 Å². The lowest BCUT2D eigenvalue weighted by Gasteiger charge is -2.31. The normalized spacial score (nSPS) is 19.5. The Kier molecular flexibility index (Phi) is 3.25. The van der Waals surface area contributed by atoms with Gasteiger partial charge in [-0.3, -0.25) is 4.79 Å². The molecule has 2 heterocycles. The SMILES string of the molecule is CN(C(=O)c1cc2ccccc2[nH]1)C1CCCNC1. The van der Waals surface area contributed by atoms with E-state index in [1.165, 1.54) is 0 Å². The van der Waals surface area contributed by atoms with E-state index in [0.717, 1.165) is 36.8 Å². The molecule has 0 bridgehead atoms. The number of para-hydroxylation sites is 1. The molecule has 0 saturated carbocycles. The fraction of sp³-hybridized carbons (Fsp3) is 0.400. The molecule has 1 amide bonds. The molecule has 19 heavy (non-hydrogen) atoms. The lowest BCUT2D eigenvalue weighted by atomic mass is 10.1. The third-order valence-electron chi connectivity index (χ3n) is 3.90. The molecule has 100 valence electrons. The second-order valence-electron chi connectivity index (χ2n) is 5.19. The van der Waals surface area contributed by atoms with Crippen LogP contribution in [-0.2, 0) is 0 Å². The molecule has 0 radical (unpaired) electrons. The van der Waals surface area contributed by atoms with E-state index in [0.29, 0.717) is 11.7 Å². The highest BCUT2D eigenvalue weighted by molar-refractivity contribution is 5.98. The van der Waals surface area contributed by atoms with Crippen LogP contribution in [0.25, 0.3) is 10.9 Å². The topological polar surface area (TPSA) is 48.1 Å². The molecule has 1 fully saturated rings. The van der Waals surface area contributed by atoms with E-state index in [1.807, 2.05) is 42.3 Å². The summed E-state index contributed by atoms with van der Waals surface area (Å²) >= 11 is 0. The highest BCUT2D eigenvalue weighted by Crippen LogP contribution is 2.17. The molecule has 2 N–H and O–H groups in total. The number of nitrogens with zero attached hydrogens (tertiary/aromatic N) is 1. The van der Waals surface area contributed by atoms with Crippen molar-refractivity contribution in [1.29, 1.82) is 0 Å². The number of likely N-dealkylation sites (N-methyl/N-ethyl adjacent to an activating group) is 1. The van der Waals surface area contributed by atoms with Crippen LogP contribution in [0.1, 0.15) is 23.3 Å². The molecule has 1 aromatic carbocycles. The van der Waals surface area contributed by atoms with Gasteiger partial charge in [-0.25, -0.2) is 0 Å². The van der Waals surface area contributed by atoms with Gasteiger partial charge in [-0.1, -0.05) is 18.2 Å². The number of H-pyrrole nitrogens is 1.